The van der Waals surface area contributed by atoms with Gasteiger partial charge in [0.05, 0.1) is 39.6 Å². The minimum absolute atomic E-state index is 0.446. The summed E-state index contributed by atoms with van der Waals surface area (Å²) in [4.78, 5) is 2.40. The molecule has 56 heavy (non-hydrogen) atoms. The lowest BCUT2D eigenvalue weighted by molar-refractivity contribution is 0.0531. The van der Waals surface area contributed by atoms with Crippen LogP contribution in [0.3, 0.4) is 0 Å². The lowest BCUT2D eigenvalue weighted by Gasteiger charge is -2.24. The zero-order chi connectivity index (χ0) is 38.4. The van der Waals surface area contributed by atoms with Crippen molar-refractivity contribution in [1.82, 2.24) is 4.90 Å². The highest BCUT2D eigenvalue weighted by atomic mass is 16.5. The number of nitrogens with zero attached hydrogens (tertiary/aromatic N) is 1. The van der Waals surface area contributed by atoms with Crippen molar-refractivity contribution in [2.24, 2.45) is 0 Å². The first kappa shape index (κ1) is 39.4. The van der Waals surface area contributed by atoms with Gasteiger partial charge in [-0.05, 0) is 62.9 Å². The van der Waals surface area contributed by atoms with Gasteiger partial charge in [-0.3, -0.25) is 4.90 Å². The maximum atomic E-state index is 6.78. The van der Waals surface area contributed by atoms with Crippen LogP contribution >= 0.6 is 0 Å². The van der Waals surface area contributed by atoms with Gasteiger partial charge in [0.2, 0.25) is 0 Å². The van der Waals surface area contributed by atoms with Gasteiger partial charge in [-0.1, -0.05) is 117 Å². The van der Waals surface area contributed by atoms with Gasteiger partial charge in [0, 0.05) is 45.3 Å². The number of fused-ring (bicyclic) bond motifs is 12. The first-order valence-electron chi connectivity index (χ1n) is 20.6. The van der Waals surface area contributed by atoms with Gasteiger partial charge in [0.1, 0.15) is 36.2 Å². The molecule has 3 aliphatic rings. The Bertz CT molecular complexity index is 1790. The summed E-state index contributed by atoms with van der Waals surface area (Å²) in [5.41, 5.74) is 10.4. The minimum atomic E-state index is 0.446. The van der Waals surface area contributed by atoms with Crippen LogP contribution in [0, 0.1) is 0 Å². The van der Waals surface area contributed by atoms with Crippen molar-refractivity contribution in [2.75, 3.05) is 65.9 Å². The molecule has 5 aromatic rings. The van der Waals surface area contributed by atoms with Crippen LogP contribution in [0.4, 0.5) is 0 Å². The Kier molecular flexibility index (Phi) is 14.3. The molecule has 7 nitrogen and oxygen atoms in total. The van der Waals surface area contributed by atoms with Crippen LogP contribution in [0.15, 0.2) is 103 Å². The maximum Gasteiger partial charge on any atom is 0.126 e. The summed E-state index contributed by atoms with van der Waals surface area (Å²) in [5.74, 6) is 3.72. The van der Waals surface area contributed by atoms with E-state index in [1.165, 1.54) is 5.56 Å². The smallest absolute Gasteiger partial charge is 0.126 e. The largest absolute Gasteiger partial charge is 0.493 e. The summed E-state index contributed by atoms with van der Waals surface area (Å²) in [7, 11) is 0. The second-order valence-corrected chi connectivity index (χ2v) is 14.7. The quantitative estimate of drug-likeness (QED) is 0.144. The zero-order valence-electron chi connectivity index (χ0n) is 33.2. The molecule has 0 unspecified atom stereocenters. The van der Waals surface area contributed by atoms with Crippen molar-refractivity contribution in [1.29, 1.82) is 0 Å². The van der Waals surface area contributed by atoms with E-state index in [1.807, 2.05) is 0 Å². The Labute approximate surface area is 333 Å². The zero-order valence-corrected chi connectivity index (χ0v) is 33.2. The van der Waals surface area contributed by atoms with Crippen molar-refractivity contribution in [3.63, 3.8) is 0 Å². The van der Waals surface area contributed by atoms with E-state index in [0.29, 0.717) is 78.5 Å². The Morgan fingerprint density at radius 3 is 1.23 bits per heavy atom. The Hall–Kier alpha value is -4.82. The van der Waals surface area contributed by atoms with E-state index in [9.17, 15) is 0 Å². The summed E-state index contributed by atoms with van der Waals surface area (Å²) >= 11 is 0. The molecule has 2 aliphatic heterocycles. The van der Waals surface area contributed by atoms with Crippen molar-refractivity contribution in [3.05, 3.63) is 153 Å². The molecule has 7 heteroatoms. The summed E-state index contributed by atoms with van der Waals surface area (Å²) in [6.45, 7) is 11.1. The first-order chi connectivity index (χ1) is 27.7. The molecule has 0 atom stereocenters. The van der Waals surface area contributed by atoms with Gasteiger partial charge >= 0.3 is 0 Å². The van der Waals surface area contributed by atoms with Crippen LogP contribution in [0.1, 0.15) is 76.8 Å². The molecule has 0 spiro atoms. The summed E-state index contributed by atoms with van der Waals surface area (Å²) in [6, 6.07) is 36.8. The molecule has 10 bridgehead atoms. The predicted molar refractivity (Wildman–Crippen MR) is 223 cm³/mol. The molecule has 0 radical (unpaired) electrons. The fourth-order valence-electron chi connectivity index (χ4n) is 7.74. The highest BCUT2D eigenvalue weighted by molar-refractivity contribution is 5.56. The van der Waals surface area contributed by atoms with Crippen molar-refractivity contribution in [3.8, 4) is 23.0 Å². The van der Waals surface area contributed by atoms with Gasteiger partial charge in [-0.15, -0.1) is 0 Å². The summed E-state index contributed by atoms with van der Waals surface area (Å²) < 4.78 is 39.3. The van der Waals surface area contributed by atoms with Crippen LogP contribution in [0.2, 0.25) is 0 Å². The molecule has 0 saturated heterocycles. The molecule has 0 aromatic heterocycles. The number of para-hydroxylation sites is 4. The van der Waals surface area contributed by atoms with E-state index < -0.39 is 0 Å². The van der Waals surface area contributed by atoms with Gasteiger partial charge in [-0.25, -0.2) is 0 Å². The molecule has 1 aliphatic carbocycles. The van der Waals surface area contributed by atoms with E-state index in [-0.39, 0.29) is 0 Å². The van der Waals surface area contributed by atoms with E-state index in [2.05, 4.69) is 122 Å². The molecule has 294 valence electrons. The third kappa shape index (κ3) is 10.3. The molecule has 0 fully saturated rings. The van der Waals surface area contributed by atoms with Crippen LogP contribution < -0.4 is 18.9 Å². The molecule has 0 saturated carbocycles. The maximum absolute atomic E-state index is 6.78. The summed E-state index contributed by atoms with van der Waals surface area (Å²) in [6.07, 6.45) is 4.53. The third-order valence-electron chi connectivity index (χ3n) is 10.4. The standard InChI is InChI=1S/C49H57NO6/c1-3-24-53-46-38-14-8-15-39(46)33-43-19-11-21-45-35-41-17-9-16-40(47(41)54-25-4-2)34-44-20-10-18-42(32-38)48(44)55-30-28-51-26-22-50(36-37-12-6-5-7-13-37)23-27-52-29-31-56-49(43)45/h5-21H,3-4,22-36H2,1-2H3. The third-order valence-corrected chi connectivity index (χ3v) is 10.4. The lowest BCUT2D eigenvalue weighted by atomic mass is 9.91. The Morgan fingerprint density at radius 2 is 0.839 bits per heavy atom. The van der Waals surface area contributed by atoms with Crippen molar-refractivity contribution >= 4 is 0 Å². The molecular formula is C49H57NO6. The molecule has 8 rings (SSSR count). The number of ether oxygens (including phenoxy) is 6. The van der Waals surface area contributed by atoms with Gasteiger partial charge in [0.25, 0.3) is 0 Å². The van der Waals surface area contributed by atoms with E-state index >= 15 is 0 Å². The second kappa shape index (κ2) is 20.4. The van der Waals surface area contributed by atoms with Crippen molar-refractivity contribution < 1.29 is 28.4 Å². The topological polar surface area (TPSA) is 58.6 Å². The number of rotatable bonds is 8. The SMILES string of the molecule is CCCOc1c2cccc1Cc1cccc3c1OCCOCCN(Cc1ccccc1)CCOCCOc1c(cccc1Cc1cccc(c1OCCC)C3)C2. The Balaban J connectivity index is 1.32. The van der Waals surface area contributed by atoms with Crippen molar-refractivity contribution in [2.45, 2.75) is 58.9 Å². The predicted octanol–water partition coefficient (Wildman–Crippen LogP) is 9.25. The van der Waals surface area contributed by atoms with Gasteiger partial charge in [0.15, 0.2) is 0 Å². The van der Waals surface area contributed by atoms with E-state index in [0.717, 1.165) is 100.0 Å². The number of benzene rings is 5. The highest BCUT2D eigenvalue weighted by Gasteiger charge is 2.22. The van der Waals surface area contributed by atoms with Crippen LogP contribution in [0.25, 0.3) is 0 Å². The fourth-order valence-corrected chi connectivity index (χ4v) is 7.74. The molecule has 2 heterocycles. The summed E-state index contributed by atoms with van der Waals surface area (Å²) in [5, 5.41) is 0. The van der Waals surface area contributed by atoms with Crippen LogP contribution in [-0.4, -0.2) is 70.8 Å². The fraction of sp³-hybridized carbons (Fsp3) is 0.388. The normalized spacial score (nSPS) is 15.6. The van der Waals surface area contributed by atoms with Gasteiger partial charge in [-0.2, -0.15) is 0 Å². The van der Waals surface area contributed by atoms with Crippen LogP contribution in [0.5, 0.6) is 23.0 Å². The van der Waals surface area contributed by atoms with Crippen LogP contribution in [-0.2, 0) is 41.7 Å². The van der Waals surface area contributed by atoms with E-state index in [4.69, 9.17) is 28.4 Å². The average Bonchev–Trinajstić information content (AvgIpc) is 3.21. The second-order valence-electron chi connectivity index (χ2n) is 14.7. The minimum Gasteiger partial charge on any atom is -0.493 e. The number of hydrogen-bond acceptors (Lipinski definition) is 7. The lowest BCUT2D eigenvalue weighted by Crippen LogP contribution is -2.31. The van der Waals surface area contributed by atoms with Gasteiger partial charge < -0.3 is 28.4 Å². The average molecular weight is 756 g/mol. The molecule has 0 amide bonds. The number of hydrogen-bond donors (Lipinski definition) is 0. The Morgan fingerprint density at radius 1 is 0.446 bits per heavy atom. The first-order valence-corrected chi connectivity index (χ1v) is 20.6. The molecule has 5 aromatic carbocycles. The van der Waals surface area contributed by atoms with E-state index in [1.54, 1.807) is 0 Å². The monoisotopic (exact) mass is 755 g/mol. The molecular weight excluding hydrogens is 699 g/mol. The molecule has 0 N–H and O–H groups in total. The highest BCUT2D eigenvalue weighted by Crippen LogP contribution is 2.39.